The predicted octanol–water partition coefficient (Wildman–Crippen LogP) is 5.55. The van der Waals surface area contributed by atoms with Crippen LogP contribution in [0.5, 0.6) is 0 Å². The number of halogens is 4. The maximum atomic E-state index is 13.8. The van der Waals surface area contributed by atoms with Crippen molar-refractivity contribution in [1.82, 2.24) is 14.5 Å². The molecule has 6 nitrogen and oxygen atoms in total. The molecule has 0 N–H and O–H groups in total. The van der Waals surface area contributed by atoms with Gasteiger partial charge in [0.25, 0.3) is 5.56 Å². The molecule has 3 aromatic rings. The Morgan fingerprint density at radius 3 is 2.43 bits per heavy atom. The number of benzene rings is 1. The molecule has 0 amide bonds. The number of pyridine rings is 2. The third-order valence-corrected chi connectivity index (χ3v) is 6.36. The number of piperidine rings is 1. The van der Waals surface area contributed by atoms with E-state index in [9.17, 15) is 13.6 Å². The predicted molar refractivity (Wildman–Crippen MR) is 146 cm³/mol. The average Bonchev–Trinajstić information content (AvgIpc) is 2.88. The van der Waals surface area contributed by atoms with Gasteiger partial charge in [-0.15, -0.1) is 24.8 Å². The van der Waals surface area contributed by atoms with Crippen molar-refractivity contribution in [1.29, 1.82) is 0 Å². The van der Waals surface area contributed by atoms with Crippen LogP contribution in [0.2, 0.25) is 0 Å². The van der Waals surface area contributed by atoms with Gasteiger partial charge >= 0.3 is 0 Å². The van der Waals surface area contributed by atoms with Crippen LogP contribution in [0.3, 0.4) is 0 Å². The Morgan fingerprint density at radius 2 is 1.81 bits per heavy atom. The first-order valence-corrected chi connectivity index (χ1v) is 12.0. The first-order chi connectivity index (χ1) is 17.0. The highest BCUT2D eigenvalue weighted by molar-refractivity contribution is 6.11. The van der Waals surface area contributed by atoms with Crippen molar-refractivity contribution in [3.63, 3.8) is 0 Å². The van der Waals surface area contributed by atoms with Crippen LogP contribution in [0, 0.1) is 11.6 Å². The molecule has 1 aliphatic rings. The summed E-state index contributed by atoms with van der Waals surface area (Å²) in [5, 5.41) is 4.09. The van der Waals surface area contributed by atoms with Gasteiger partial charge in [-0.05, 0) is 81.1 Å². The molecule has 0 atom stereocenters. The number of aromatic nitrogens is 2. The van der Waals surface area contributed by atoms with Gasteiger partial charge < -0.3 is 9.40 Å². The van der Waals surface area contributed by atoms with Crippen molar-refractivity contribution in [2.75, 3.05) is 19.7 Å². The van der Waals surface area contributed by atoms with E-state index in [2.05, 4.69) is 15.0 Å². The molecule has 1 aromatic carbocycles. The van der Waals surface area contributed by atoms with Gasteiger partial charge in [0.15, 0.2) is 11.6 Å². The second kappa shape index (κ2) is 14.2. The highest BCUT2D eigenvalue weighted by Gasteiger charge is 2.21. The Balaban J connectivity index is 0.00000241. The number of oxime groups is 1. The first kappa shape index (κ1) is 30.4. The zero-order chi connectivity index (χ0) is 24.8. The number of aryl methyl sites for hydroxylation is 1. The third-order valence-electron chi connectivity index (χ3n) is 6.36. The highest BCUT2D eigenvalue weighted by atomic mass is 35.5. The van der Waals surface area contributed by atoms with E-state index in [1.54, 1.807) is 23.8 Å². The van der Waals surface area contributed by atoms with E-state index >= 15 is 0 Å². The number of nitrogens with zero attached hydrogens (tertiary/aromatic N) is 4. The van der Waals surface area contributed by atoms with Gasteiger partial charge in [0.05, 0.1) is 5.69 Å². The lowest BCUT2D eigenvalue weighted by atomic mass is 9.90. The lowest BCUT2D eigenvalue weighted by Crippen LogP contribution is -2.33. The van der Waals surface area contributed by atoms with E-state index in [0.29, 0.717) is 36.0 Å². The Bertz CT molecular complexity index is 1240. The topological polar surface area (TPSA) is 59.7 Å². The molecule has 0 unspecified atom stereocenters. The molecule has 4 rings (SSSR count). The summed E-state index contributed by atoms with van der Waals surface area (Å²) in [4.78, 5) is 24.0. The van der Waals surface area contributed by atoms with Crippen LogP contribution < -0.4 is 5.56 Å². The van der Waals surface area contributed by atoms with Gasteiger partial charge in [0.1, 0.15) is 12.3 Å². The fourth-order valence-electron chi connectivity index (χ4n) is 4.40. The molecule has 0 bridgehead atoms. The number of likely N-dealkylation sites (tertiary alicyclic amines) is 1. The molecule has 1 saturated heterocycles. The second-order valence-electron chi connectivity index (χ2n) is 8.68. The Labute approximate surface area is 228 Å². The number of rotatable bonds is 8. The summed E-state index contributed by atoms with van der Waals surface area (Å²) >= 11 is 0. The minimum Gasteiger partial charge on any atom is -0.396 e. The molecule has 37 heavy (non-hydrogen) atoms. The van der Waals surface area contributed by atoms with E-state index in [1.165, 1.54) is 11.6 Å². The Kier molecular flexibility index (Phi) is 11.7. The Hall–Kier alpha value is -2.81. The zero-order valence-electron chi connectivity index (χ0n) is 20.9. The molecule has 10 heteroatoms. The zero-order valence-corrected chi connectivity index (χ0v) is 22.5. The van der Waals surface area contributed by atoms with Gasteiger partial charge in [0.2, 0.25) is 0 Å². The fraction of sp³-hybridized carbons (Fsp3) is 0.370. The molecule has 2 aromatic heterocycles. The van der Waals surface area contributed by atoms with Crippen LogP contribution in [0.15, 0.2) is 64.8 Å². The van der Waals surface area contributed by atoms with Crippen LogP contribution >= 0.6 is 24.8 Å². The van der Waals surface area contributed by atoms with Crippen LogP contribution in [0.4, 0.5) is 8.78 Å². The standard InChI is InChI=1S/C27H30F2N4O2.2ClH/c1-3-33-18-22(7-10-26(33)34)20-11-13-32(14-12-20)17-19-5-9-25(30-16-19)27(31-35-4-2)21-6-8-23(28)24(29)15-21;;/h5-10,15-16,18,20H,3-4,11-14,17H2,1-2H3;2*1H. The van der Waals surface area contributed by atoms with E-state index in [-0.39, 0.29) is 30.4 Å². The van der Waals surface area contributed by atoms with E-state index in [4.69, 9.17) is 4.84 Å². The SMILES string of the molecule is CCON=C(c1ccc(F)c(F)c1)c1ccc(CN2CCC(c3ccc(=O)n(CC)c3)CC2)cn1.Cl.Cl. The molecule has 200 valence electrons. The second-order valence-corrected chi connectivity index (χ2v) is 8.68. The molecular weight excluding hydrogens is 521 g/mol. The smallest absolute Gasteiger partial charge is 0.250 e. The maximum absolute atomic E-state index is 13.8. The van der Waals surface area contributed by atoms with Crippen LogP contribution in [-0.4, -0.2) is 39.9 Å². The van der Waals surface area contributed by atoms with Crippen LogP contribution in [-0.2, 0) is 17.9 Å². The minimum absolute atomic E-state index is 0. The van der Waals surface area contributed by atoms with Gasteiger partial charge in [-0.1, -0.05) is 17.3 Å². The van der Waals surface area contributed by atoms with Crippen molar-refractivity contribution < 1.29 is 13.6 Å². The first-order valence-electron chi connectivity index (χ1n) is 12.0. The van der Waals surface area contributed by atoms with Crippen molar-refractivity contribution in [2.24, 2.45) is 5.16 Å². The largest absolute Gasteiger partial charge is 0.396 e. The summed E-state index contributed by atoms with van der Waals surface area (Å²) in [6, 6.07) is 11.1. The van der Waals surface area contributed by atoms with Gasteiger partial charge in [-0.2, -0.15) is 0 Å². The monoisotopic (exact) mass is 552 g/mol. The van der Waals surface area contributed by atoms with Crippen molar-refractivity contribution >= 4 is 30.5 Å². The lowest BCUT2D eigenvalue weighted by Gasteiger charge is -2.32. The average molecular weight is 553 g/mol. The van der Waals surface area contributed by atoms with Crippen molar-refractivity contribution in [2.45, 2.75) is 45.7 Å². The van der Waals surface area contributed by atoms with E-state index in [0.717, 1.165) is 50.2 Å². The summed E-state index contributed by atoms with van der Waals surface area (Å²) in [5.74, 6) is -1.40. The van der Waals surface area contributed by atoms with Gasteiger partial charge in [0, 0.05) is 37.1 Å². The molecule has 0 saturated carbocycles. The molecule has 1 aliphatic heterocycles. The summed E-state index contributed by atoms with van der Waals surface area (Å²) in [5.41, 5.74) is 3.62. The van der Waals surface area contributed by atoms with E-state index < -0.39 is 11.6 Å². The van der Waals surface area contributed by atoms with Crippen molar-refractivity contribution in [3.05, 3.63) is 99.2 Å². The van der Waals surface area contributed by atoms with Gasteiger partial charge in [-0.3, -0.25) is 14.7 Å². The summed E-state index contributed by atoms with van der Waals surface area (Å²) in [6.45, 7) is 7.51. The maximum Gasteiger partial charge on any atom is 0.250 e. The van der Waals surface area contributed by atoms with Gasteiger partial charge in [-0.25, -0.2) is 8.78 Å². The molecule has 1 fully saturated rings. The summed E-state index contributed by atoms with van der Waals surface area (Å²) < 4.78 is 28.9. The fourth-order valence-corrected chi connectivity index (χ4v) is 4.40. The summed E-state index contributed by atoms with van der Waals surface area (Å²) in [6.07, 6.45) is 5.86. The van der Waals surface area contributed by atoms with E-state index in [1.807, 2.05) is 31.3 Å². The lowest BCUT2D eigenvalue weighted by molar-refractivity contribution is 0.159. The summed E-state index contributed by atoms with van der Waals surface area (Å²) in [7, 11) is 0. The molecule has 0 spiro atoms. The van der Waals surface area contributed by atoms with Crippen molar-refractivity contribution in [3.8, 4) is 0 Å². The third kappa shape index (κ3) is 7.60. The Morgan fingerprint density at radius 1 is 1.05 bits per heavy atom. The molecule has 0 aliphatic carbocycles. The van der Waals surface area contributed by atoms with Crippen LogP contribution in [0.1, 0.15) is 55.0 Å². The quantitative estimate of drug-likeness (QED) is 0.271. The molecule has 3 heterocycles. The molecular formula is C27H32Cl2F2N4O2. The number of hydrogen-bond donors (Lipinski definition) is 0. The normalized spacial score (nSPS) is 14.5. The molecule has 0 radical (unpaired) electrons. The number of hydrogen-bond acceptors (Lipinski definition) is 5. The van der Waals surface area contributed by atoms with Crippen LogP contribution in [0.25, 0.3) is 0 Å². The minimum atomic E-state index is -0.944. The highest BCUT2D eigenvalue weighted by Crippen LogP contribution is 2.28.